The Morgan fingerprint density at radius 3 is 2.52 bits per heavy atom. The van der Waals surface area contributed by atoms with Crippen LogP contribution in [0.3, 0.4) is 0 Å². The molecule has 0 radical (unpaired) electrons. The molecule has 2 N–H and O–H groups in total. The number of nitrogens with zero attached hydrogens (tertiary/aromatic N) is 3. The normalized spacial score (nSPS) is 21.4. The summed E-state index contributed by atoms with van der Waals surface area (Å²) in [5, 5.41) is 13.6. The summed E-state index contributed by atoms with van der Waals surface area (Å²) in [6, 6.07) is 17.5. The Balaban J connectivity index is 1.59. The van der Waals surface area contributed by atoms with E-state index in [2.05, 4.69) is 25.8 Å². The molecule has 3 heterocycles. The van der Waals surface area contributed by atoms with Crippen LogP contribution in [0.1, 0.15) is 59.5 Å². The molecule has 31 heavy (non-hydrogen) atoms. The standard InChI is InChI=1S/C24H24N4O2S/c29-23(30)16-10-12-17(13-11-16)27-15-5-9-20(27)22-21(19-8-3-4-14-25-19)26-24(31)28(22)18-6-1-2-7-18/h3-5,8-15,18,21-22H,1-2,6-7H2,(H,26,31)(H,29,30)/t21-,22-/m0/s1. The van der Waals surface area contributed by atoms with Crippen molar-refractivity contribution in [1.29, 1.82) is 0 Å². The van der Waals surface area contributed by atoms with Crippen LogP contribution in [0.4, 0.5) is 0 Å². The summed E-state index contributed by atoms with van der Waals surface area (Å²) in [5.41, 5.74) is 3.27. The summed E-state index contributed by atoms with van der Waals surface area (Å²) in [6.45, 7) is 0. The van der Waals surface area contributed by atoms with Gasteiger partial charge in [0.1, 0.15) is 0 Å². The molecule has 2 aliphatic rings. The fourth-order valence-electron chi connectivity index (χ4n) is 4.89. The second-order valence-electron chi connectivity index (χ2n) is 8.13. The summed E-state index contributed by atoms with van der Waals surface area (Å²) in [6.07, 6.45) is 8.57. The van der Waals surface area contributed by atoms with Crippen molar-refractivity contribution in [3.63, 3.8) is 0 Å². The van der Waals surface area contributed by atoms with Gasteiger partial charge in [-0.25, -0.2) is 4.79 Å². The van der Waals surface area contributed by atoms with Crippen molar-refractivity contribution in [2.45, 2.75) is 43.8 Å². The Morgan fingerprint density at radius 2 is 1.84 bits per heavy atom. The maximum absolute atomic E-state index is 11.3. The summed E-state index contributed by atoms with van der Waals surface area (Å²) in [5.74, 6) is -0.924. The molecule has 2 fully saturated rings. The minimum absolute atomic E-state index is 0.000324. The highest BCUT2D eigenvalue weighted by Crippen LogP contribution is 2.43. The van der Waals surface area contributed by atoms with E-state index in [9.17, 15) is 9.90 Å². The highest BCUT2D eigenvalue weighted by Gasteiger charge is 2.44. The van der Waals surface area contributed by atoms with Gasteiger partial charge in [-0.15, -0.1) is 0 Å². The molecular formula is C24H24N4O2S. The van der Waals surface area contributed by atoms with Crippen LogP contribution >= 0.6 is 12.2 Å². The average Bonchev–Trinajstić information content (AvgIpc) is 3.54. The molecule has 1 saturated heterocycles. The van der Waals surface area contributed by atoms with Crippen molar-refractivity contribution in [2.24, 2.45) is 0 Å². The van der Waals surface area contributed by atoms with Crippen LogP contribution in [0.2, 0.25) is 0 Å². The number of nitrogens with one attached hydrogen (secondary N) is 1. The number of aromatic carboxylic acids is 1. The zero-order valence-corrected chi connectivity index (χ0v) is 17.8. The summed E-state index contributed by atoms with van der Waals surface area (Å²) in [7, 11) is 0. The highest BCUT2D eigenvalue weighted by atomic mass is 32.1. The van der Waals surface area contributed by atoms with E-state index in [-0.39, 0.29) is 17.6 Å². The third-order valence-corrected chi connectivity index (χ3v) is 6.66. The first-order valence-corrected chi connectivity index (χ1v) is 11.0. The molecule has 2 atom stereocenters. The molecular weight excluding hydrogens is 408 g/mol. The minimum Gasteiger partial charge on any atom is -0.478 e. The summed E-state index contributed by atoms with van der Waals surface area (Å²) < 4.78 is 2.13. The molecule has 3 aromatic rings. The number of thiocarbonyl (C=S) groups is 1. The maximum Gasteiger partial charge on any atom is 0.335 e. The number of carboxylic acids is 1. The quantitative estimate of drug-likeness (QED) is 0.579. The number of rotatable bonds is 5. The van der Waals surface area contributed by atoms with Crippen molar-refractivity contribution in [1.82, 2.24) is 19.8 Å². The van der Waals surface area contributed by atoms with Gasteiger partial charge in [0.05, 0.1) is 23.3 Å². The zero-order valence-electron chi connectivity index (χ0n) is 17.0. The van der Waals surface area contributed by atoms with Crippen molar-refractivity contribution in [3.05, 3.63) is 83.9 Å². The SMILES string of the molecule is O=C(O)c1ccc(-n2cccc2[C@H]2[C@H](c3ccccn3)NC(=S)N2C2CCCC2)cc1. The molecule has 6 nitrogen and oxygen atoms in total. The molecule has 1 saturated carbocycles. The van der Waals surface area contributed by atoms with E-state index in [1.165, 1.54) is 12.8 Å². The first-order chi connectivity index (χ1) is 15.1. The van der Waals surface area contributed by atoms with Crippen LogP contribution < -0.4 is 5.32 Å². The predicted molar refractivity (Wildman–Crippen MR) is 122 cm³/mol. The molecule has 0 amide bonds. The van der Waals surface area contributed by atoms with E-state index in [4.69, 9.17) is 12.2 Å². The van der Waals surface area contributed by atoms with Crippen LogP contribution in [0.25, 0.3) is 5.69 Å². The lowest BCUT2D eigenvalue weighted by Crippen LogP contribution is -2.38. The molecule has 7 heteroatoms. The molecule has 0 bridgehead atoms. The van der Waals surface area contributed by atoms with Crippen LogP contribution in [0.5, 0.6) is 0 Å². The van der Waals surface area contributed by atoms with Gasteiger partial charge < -0.3 is 19.9 Å². The zero-order chi connectivity index (χ0) is 21.4. The van der Waals surface area contributed by atoms with Gasteiger partial charge >= 0.3 is 5.97 Å². The molecule has 0 unspecified atom stereocenters. The van der Waals surface area contributed by atoms with E-state index < -0.39 is 5.97 Å². The molecule has 2 aromatic heterocycles. The predicted octanol–water partition coefficient (Wildman–Crippen LogP) is 4.49. The van der Waals surface area contributed by atoms with Crippen molar-refractivity contribution in [2.75, 3.05) is 0 Å². The minimum atomic E-state index is -0.924. The third kappa shape index (κ3) is 3.59. The van der Waals surface area contributed by atoms with Gasteiger partial charge in [0.25, 0.3) is 0 Å². The van der Waals surface area contributed by atoms with Gasteiger partial charge in [0, 0.05) is 29.8 Å². The number of pyridine rings is 1. The Hall–Kier alpha value is -3.19. The fraction of sp³-hybridized carbons (Fsp3) is 0.292. The average molecular weight is 433 g/mol. The number of carboxylic acid groups (broad SMARTS) is 1. The van der Waals surface area contributed by atoms with Gasteiger partial charge in [0.15, 0.2) is 5.11 Å². The molecule has 1 aliphatic carbocycles. The van der Waals surface area contributed by atoms with Gasteiger partial charge in [-0.05, 0) is 73.6 Å². The van der Waals surface area contributed by atoms with Gasteiger partial charge in [-0.1, -0.05) is 18.9 Å². The van der Waals surface area contributed by atoms with Crippen LogP contribution in [-0.2, 0) is 0 Å². The molecule has 1 aromatic carbocycles. The molecule has 0 spiro atoms. The third-order valence-electron chi connectivity index (χ3n) is 6.33. The topological polar surface area (TPSA) is 70.4 Å². The monoisotopic (exact) mass is 432 g/mol. The van der Waals surface area contributed by atoms with E-state index >= 15 is 0 Å². The fourth-order valence-corrected chi connectivity index (χ4v) is 5.28. The van der Waals surface area contributed by atoms with Crippen molar-refractivity contribution in [3.8, 4) is 5.69 Å². The maximum atomic E-state index is 11.3. The van der Waals surface area contributed by atoms with Gasteiger partial charge in [-0.2, -0.15) is 0 Å². The highest BCUT2D eigenvalue weighted by molar-refractivity contribution is 7.80. The Kier molecular flexibility index (Phi) is 5.19. The largest absolute Gasteiger partial charge is 0.478 e. The Labute approximate surface area is 186 Å². The van der Waals surface area contributed by atoms with E-state index in [1.807, 2.05) is 48.8 Å². The number of carbonyl (C=O) groups is 1. The van der Waals surface area contributed by atoms with Gasteiger partial charge in [0.2, 0.25) is 0 Å². The molecule has 158 valence electrons. The van der Waals surface area contributed by atoms with E-state index in [1.54, 1.807) is 12.1 Å². The number of hydrogen-bond donors (Lipinski definition) is 2. The van der Waals surface area contributed by atoms with Crippen molar-refractivity contribution < 1.29 is 9.90 Å². The first kappa shape index (κ1) is 19.8. The van der Waals surface area contributed by atoms with Crippen LogP contribution in [-0.4, -0.2) is 36.7 Å². The molecule has 5 rings (SSSR count). The summed E-state index contributed by atoms with van der Waals surface area (Å²) >= 11 is 5.82. The second kappa shape index (κ2) is 8.15. The number of aromatic nitrogens is 2. The van der Waals surface area contributed by atoms with Crippen LogP contribution in [0.15, 0.2) is 67.0 Å². The smallest absolute Gasteiger partial charge is 0.335 e. The lowest BCUT2D eigenvalue weighted by atomic mass is 9.99. The lowest BCUT2D eigenvalue weighted by Gasteiger charge is -2.33. The molecule has 1 aliphatic heterocycles. The first-order valence-electron chi connectivity index (χ1n) is 10.6. The Morgan fingerprint density at radius 1 is 1.06 bits per heavy atom. The van der Waals surface area contributed by atoms with Crippen molar-refractivity contribution >= 4 is 23.3 Å². The van der Waals surface area contributed by atoms with E-state index in [0.29, 0.717) is 6.04 Å². The second-order valence-corrected chi connectivity index (χ2v) is 8.51. The summed E-state index contributed by atoms with van der Waals surface area (Å²) in [4.78, 5) is 18.3. The van der Waals surface area contributed by atoms with Gasteiger partial charge in [-0.3, -0.25) is 4.98 Å². The number of benzene rings is 1. The Bertz CT molecular complexity index is 1090. The number of hydrogen-bond acceptors (Lipinski definition) is 3. The van der Waals surface area contributed by atoms with E-state index in [0.717, 1.165) is 35.0 Å². The van der Waals surface area contributed by atoms with Crippen LogP contribution in [0, 0.1) is 0 Å². The lowest BCUT2D eigenvalue weighted by molar-refractivity contribution is 0.0697.